The number of hydrogen-bond acceptors (Lipinski definition) is 4. The van der Waals surface area contributed by atoms with Crippen LogP contribution >= 0.6 is 0 Å². The smallest absolute Gasteiger partial charge is 0.335 e. The first-order valence-electron chi connectivity index (χ1n) is 4.71. The van der Waals surface area contributed by atoms with Crippen molar-refractivity contribution in [1.29, 1.82) is 5.26 Å². The van der Waals surface area contributed by atoms with E-state index in [2.05, 4.69) is 0 Å². The molecule has 5 nitrogen and oxygen atoms in total. The van der Waals surface area contributed by atoms with E-state index in [-0.39, 0.29) is 12.0 Å². The predicted octanol–water partition coefficient (Wildman–Crippen LogP) is 0.371. The second-order valence-corrected chi connectivity index (χ2v) is 3.42. The number of carbonyl (C=O) groups is 1. The zero-order valence-corrected chi connectivity index (χ0v) is 8.67. The van der Waals surface area contributed by atoms with Gasteiger partial charge in [-0.1, -0.05) is 6.07 Å². The molecule has 3 N–H and O–H groups in total. The maximum atomic E-state index is 13.3. The van der Waals surface area contributed by atoms with Crippen molar-refractivity contribution < 1.29 is 24.5 Å². The Morgan fingerprint density at radius 3 is 2.65 bits per heavy atom. The van der Waals surface area contributed by atoms with Crippen LogP contribution in [0.4, 0.5) is 4.39 Å². The topological polar surface area (TPSA) is 102 Å². The number of carboxylic acid groups (broad SMARTS) is 1. The van der Waals surface area contributed by atoms with E-state index in [9.17, 15) is 14.3 Å². The lowest BCUT2D eigenvalue weighted by atomic mass is 10.0. The minimum Gasteiger partial charge on any atom is -0.479 e. The summed E-state index contributed by atoms with van der Waals surface area (Å²) in [7, 11) is 0. The summed E-state index contributed by atoms with van der Waals surface area (Å²) in [6.45, 7) is 0. The Morgan fingerprint density at radius 2 is 2.12 bits per heavy atom. The van der Waals surface area contributed by atoms with Crippen LogP contribution in [0.25, 0.3) is 0 Å². The van der Waals surface area contributed by atoms with Gasteiger partial charge in [-0.25, -0.2) is 9.18 Å². The van der Waals surface area contributed by atoms with E-state index in [1.807, 2.05) is 6.07 Å². The van der Waals surface area contributed by atoms with E-state index in [1.54, 1.807) is 0 Å². The molecule has 1 aromatic carbocycles. The molecule has 0 fully saturated rings. The third-order valence-electron chi connectivity index (χ3n) is 2.21. The lowest BCUT2D eigenvalue weighted by molar-refractivity contribution is -0.153. The van der Waals surface area contributed by atoms with Crippen molar-refractivity contribution in [1.82, 2.24) is 0 Å². The summed E-state index contributed by atoms with van der Waals surface area (Å²) < 4.78 is 13.3. The lowest BCUT2D eigenvalue weighted by Gasteiger charge is -2.15. The van der Waals surface area contributed by atoms with Gasteiger partial charge in [-0.2, -0.15) is 5.26 Å². The quantitative estimate of drug-likeness (QED) is 0.704. The van der Waals surface area contributed by atoms with Crippen molar-refractivity contribution in [2.75, 3.05) is 0 Å². The van der Waals surface area contributed by atoms with Crippen LogP contribution in [-0.4, -0.2) is 27.4 Å². The van der Waals surface area contributed by atoms with Crippen LogP contribution in [0.5, 0.6) is 0 Å². The Morgan fingerprint density at radius 1 is 1.47 bits per heavy atom. The summed E-state index contributed by atoms with van der Waals surface area (Å²) in [5.74, 6) is -2.48. The highest BCUT2D eigenvalue weighted by molar-refractivity contribution is 5.73. The number of halogens is 1. The summed E-state index contributed by atoms with van der Waals surface area (Å²) in [5.41, 5.74) is 0.0909. The molecular formula is C11H10FNO4. The van der Waals surface area contributed by atoms with Gasteiger partial charge in [0.15, 0.2) is 6.10 Å². The normalized spacial score (nSPS) is 13.8. The van der Waals surface area contributed by atoms with E-state index >= 15 is 0 Å². The van der Waals surface area contributed by atoms with Crippen LogP contribution in [0.15, 0.2) is 18.2 Å². The molecule has 0 aliphatic heterocycles. The van der Waals surface area contributed by atoms with Crippen LogP contribution in [0.1, 0.15) is 17.2 Å². The van der Waals surface area contributed by atoms with E-state index in [1.165, 1.54) is 6.07 Å². The van der Waals surface area contributed by atoms with E-state index in [0.29, 0.717) is 5.56 Å². The molecule has 0 amide bonds. The first-order valence-corrected chi connectivity index (χ1v) is 4.71. The minimum absolute atomic E-state index is 0.00314. The minimum atomic E-state index is -2.11. The molecule has 0 aromatic heterocycles. The average molecular weight is 239 g/mol. The number of benzene rings is 1. The van der Waals surface area contributed by atoms with Gasteiger partial charge in [0.2, 0.25) is 0 Å². The van der Waals surface area contributed by atoms with Crippen molar-refractivity contribution in [3.63, 3.8) is 0 Å². The Kier molecular flexibility index (Phi) is 4.15. The van der Waals surface area contributed by atoms with Crippen LogP contribution in [-0.2, 0) is 11.2 Å². The number of aliphatic carboxylic acids is 1. The largest absolute Gasteiger partial charge is 0.479 e. The van der Waals surface area contributed by atoms with Gasteiger partial charge in [-0.3, -0.25) is 0 Å². The van der Waals surface area contributed by atoms with Gasteiger partial charge in [0.05, 0.1) is 12.5 Å². The molecular weight excluding hydrogens is 229 g/mol. The molecule has 2 atom stereocenters. The number of nitriles is 1. The number of aliphatic hydroxyl groups excluding tert-OH is 2. The zero-order chi connectivity index (χ0) is 13.0. The first-order chi connectivity index (χ1) is 7.97. The highest BCUT2D eigenvalue weighted by atomic mass is 19.1. The number of aliphatic hydroxyl groups is 2. The van der Waals surface area contributed by atoms with E-state index in [0.717, 1.165) is 12.1 Å². The van der Waals surface area contributed by atoms with Gasteiger partial charge in [0, 0.05) is 5.56 Å². The third-order valence-corrected chi connectivity index (χ3v) is 2.21. The first kappa shape index (κ1) is 13.1. The molecule has 0 saturated carbocycles. The summed E-state index contributed by atoms with van der Waals surface area (Å²) >= 11 is 0. The Bertz CT molecular complexity index is 469. The lowest BCUT2D eigenvalue weighted by Crippen LogP contribution is -2.28. The third kappa shape index (κ3) is 3.00. The molecule has 2 unspecified atom stereocenters. The van der Waals surface area contributed by atoms with Crippen molar-refractivity contribution in [3.8, 4) is 6.07 Å². The fourth-order valence-corrected chi connectivity index (χ4v) is 1.33. The molecule has 0 aliphatic rings. The molecule has 0 radical (unpaired) electrons. The van der Waals surface area contributed by atoms with Crippen molar-refractivity contribution in [2.24, 2.45) is 0 Å². The summed E-state index contributed by atoms with van der Waals surface area (Å²) in [6, 6.07) is 5.36. The van der Waals surface area contributed by atoms with Crippen molar-refractivity contribution in [2.45, 2.75) is 18.6 Å². The predicted molar refractivity (Wildman–Crippen MR) is 54.3 cm³/mol. The fraction of sp³-hybridized carbons (Fsp3) is 0.273. The average Bonchev–Trinajstić information content (AvgIpc) is 2.30. The maximum Gasteiger partial charge on any atom is 0.335 e. The summed E-state index contributed by atoms with van der Waals surface area (Å²) in [5, 5.41) is 35.6. The highest BCUT2D eigenvalue weighted by Gasteiger charge is 2.27. The molecule has 1 aromatic rings. The number of hydrogen-bond donors (Lipinski definition) is 3. The van der Waals surface area contributed by atoms with Crippen LogP contribution < -0.4 is 0 Å². The number of nitrogens with zero attached hydrogens (tertiary/aromatic N) is 1. The molecule has 0 heterocycles. The second kappa shape index (κ2) is 5.39. The monoisotopic (exact) mass is 239 g/mol. The summed E-state index contributed by atoms with van der Waals surface area (Å²) in [4.78, 5) is 10.5. The van der Waals surface area contributed by atoms with Crippen LogP contribution in [0.2, 0.25) is 0 Å². The maximum absolute atomic E-state index is 13.3. The second-order valence-electron chi connectivity index (χ2n) is 3.42. The summed E-state index contributed by atoms with van der Waals surface area (Å²) in [6.07, 6.45) is -3.98. The molecule has 17 heavy (non-hydrogen) atoms. The number of carboxylic acids is 1. The molecule has 6 heteroatoms. The molecule has 0 aliphatic carbocycles. The van der Waals surface area contributed by atoms with E-state index < -0.39 is 24.0 Å². The van der Waals surface area contributed by atoms with Gasteiger partial charge in [-0.05, 0) is 17.7 Å². The van der Waals surface area contributed by atoms with Crippen LogP contribution in [0, 0.1) is 17.1 Å². The molecule has 0 spiro atoms. The van der Waals surface area contributed by atoms with Gasteiger partial charge >= 0.3 is 5.97 Å². The van der Waals surface area contributed by atoms with Crippen LogP contribution in [0.3, 0.4) is 0 Å². The Hall–Kier alpha value is -1.97. The van der Waals surface area contributed by atoms with Crippen molar-refractivity contribution in [3.05, 3.63) is 35.1 Å². The standard InChI is InChI=1S/C11H10FNO4/c12-8-2-1-6(3-4-13)5-7(8)9(14)10(15)11(16)17/h1-2,5,9-10,14-15H,3H2,(H,16,17). The Labute approximate surface area is 96.4 Å². The zero-order valence-electron chi connectivity index (χ0n) is 8.67. The molecule has 0 bridgehead atoms. The van der Waals surface area contributed by atoms with E-state index in [4.69, 9.17) is 15.5 Å². The van der Waals surface area contributed by atoms with Gasteiger partial charge in [0.25, 0.3) is 0 Å². The van der Waals surface area contributed by atoms with Gasteiger partial charge < -0.3 is 15.3 Å². The number of rotatable bonds is 4. The molecule has 90 valence electrons. The van der Waals surface area contributed by atoms with Crippen molar-refractivity contribution >= 4 is 5.97 Å². The highest BCUT2D eigenvalue weighted by Crippen LogP contribution is 2.22. The van der Waals surface area contributed by atoms with Gasteiger partial charge in [-0.15, -0.1) is 0 Å². The SMILES string of the molecule is N#CCc1ccc(F)c(C(O)C(O)C(=O)O)c1. The molecule has 1 rings (SSSR count). The Balaban J connectivity index is 3.08. The van der Waals surface area contributed by atoms with Gasteiger partial charge in [0.1, 0.15) is 11.9 Å². The molecule has 0 saturated heterocycles. The fourth-order valence-electron chi connectivity index (χ4n) is 1.33.